The summed E-state index contributed by atoms with van der Waals surface area (Å²) in [7, 11) is 0. The molecule has 0 saturated carbocycles. The SMILES string of the molecule is O=C1CCN(c2cccc(C3CCN(C(=O)O)CC3)c2)C(=O)N1. The molecule has 2 heterocycles. The van der Waals surface area contributed by atoms with E-state index in [1.807, 2.05) is 24.3 Å². The van der Waals surface area contributed by atoms with Gasteiger partial charge in [-0.15, -0.1) is 0 Å². The number of nitrogens with one attached hydrogen (secondary N) is 1. The van der Waals surface area contributed by atoms with Crippen LogP contribution in [0.1, 0.15) is 30.7 Å². The number of carbonyl (C=O) groups excluding carboxylic acids is 2. The smallest absolute Gasteiger partial charge is 0.407 e. The van der Waals surface area contributed by atoms with Gasteiger partial charge in [-0.25, -0.2) is 9.59 Å². The highest BCUT2D eigenvalue weighted by Gasteiger charge is 2.26. The minimum Gasteiger partial charge on any atom is -0.465 e. The molecule has 7 nitrogen and oxygen atoms in total. The van der Waals surface area contributed by atoms with Gasteiger partial charge in [0.15, 0.2) is 0 Å². The molecule has 7 heteroatoms. The molecule has 2 aliphatic heterocycles. The second-order valence-corrected chi connectivity index (χ2v) is 5.89. The number of piperidine rings is 1. The highest BCUT2D eigenvalue weighted by Crippen LogP contribution is 2.30. The molecule has 2 N–H and O–H groups in total. The standard InChI is InChI=1S/C16H19N3O4/c20-14-6-9-19(15(21)17-14)13-3-1-2-12(10-13)11-4-7-18(8-5-11)16(22)23/h1-3,10-11H,4-9H2,(H,22,23)(H,17,20,21). The fraction of sp³-hybridized carbons (Fsp3) is 0.438. The Bertz CT molecular complexity index is 638. The summed E-state index contributed by atoms with van der Waals surface area (Å²) in [6, 6.07) is 7.34. The third-order valence-corrected chi connectivity index (χ3v) is 4.47. The number of rotatable bonds is 2. The molecule has 0 aliphatic carbocycles. The third-order valence-electron chi connectivity index (χ3n) is 4.47. The molecule has 0 radical (unpaired) electrons. The van der Waals surface area contributed by atoms with Crippen molar-refractivity contribution in [2.24, 2.45) is 0 Å². The van der Waals surface area contributed by atoms with E-state index in [1.54, 1.807) is 4.90 Å². The van der Waals surface area contributed by atoms with Gasteiger partial charge in [0.25, 0.3) is 0 Å². The fourth-order valence-corrected chi connectivity index (χ4v) is 3.16. The van der Waals surface area contributed by atoms with Gasteiger partial charge in [-0.3, -0.25) is 15.0 Å². The van der Waals surface area contributed by atoms with E-state index in [9.17, 15) is 14.4 Å². The Kier molecular flexibility index (Phi) is 4.18. The number of nitrogens with zero attached hydrogens (tertiary/aromatic N) is 2. The molecule has 1 aromatic carbocycles. The number of imide groups is 1. The Morgan fingerprint density at radius 2 is 1.91 bits per heavy atom. The van der Waals surface area contributed by atoms with Gasteiger partial charge in [0, 0.05) is 31.7 Å². The van der Waals surface area contributed by atoms with E-state index in [2.05, 4.69) is 5.32 Å². The summed E-state index contributed by atoms with van der Waals surface area (Å²) >= 11 is 0. The van der Waals surface area contributed by atoms with Crippen LogP contribution in [0.5, 0.6) is 0 Å². The van der Waals surface area contributed by atoms with Crippen molar-refractivity contribution in [3.8, 4) is 0 Å². The van der Waals surface area contributed by atoms with Crippen molar-refractivity contribution in [1.82, 2.24) is 10.2 Å². The highest BCUT2D eigenvalue weighted by molar-refractivity contribution is 6.05. The quantitative estimate of drug-likeness (QED) is 0.873. The van der Waals surface area contributed by atoms with Crippen LogP contribution in [0.25, 0.3) is 0 Å². The third kappa shape index (κ3) is 3.28. The van der Waals surface area contributed by atoms with Crippen LogP contribution >= 0.6 is 0 Å². The van der Waals surface area contributed by atoms with E-state index in [4.69, 9.17) is 5.11 Å². The van der Waals surface area contributed by atoms with E-state index in [-0.39, 0.29) is 11.9 Å². The number of likely N-dealkylation sites (tertiary alicyclic amines) is 1. The molecule has 3 rings (SSSR count). The minimum atomic E-state index is -0.869. The predicted octanol–water partition coefficient (Wildman–Crippen LogP) is 1.99. The summed E-state index contributed by atoms with van der Waals surface area (Å²) in [6.45, 7) is 1.44. The summed E-state index contributed by atoms with van der Waals surface area (Å²) in [5, 5.41) is 11.3. The molecule has 2 aliphatic rings. The van der Waals surface area contributed by atoms with Crippen LogP contribution < -0.4 is 10.2 Å². The van der Waals surface area contributed by atoms with E-state index in [1.165, 1.54) is 4.90 Å². The summed E-state index contributed by atoms with van der Waals surface area (Å²) in [4.78, 5) is 37.1. The van der Waals surface area contributed by atoms with E-state index < -0.39 is 6.09 Å². The van der Waals surface area contributed by atoms with Crippen molar-refractivity contribution < 1.29 is 19.5 Å². The van der Waals surface area contributed by atoms with Crippen LogP contribution in [0.4, 0.5) is 15.3 Å². The summed E-state index contributed by atoms with van der Waals surface area (Å²) in [5.41, 5.74) is 1.88. The Morgan fingerprint density at radius 1 is 1.17 bits per heavy atom. The second-order valence-electron chi connectivity index (χ2n) is 5.89. The zero-order valence-electron chi connectivity index (χ0n) is 12.7. The van der Waals surface area contributed by atoms with Crippen LogP contribution in [-0.2, 0) is 4.79 Å². The molecule has 122 valence electrons. The number of anilines is 1. The average molecular weight is 317 g/mol. The van der Waals surface area contributed by atoms with Gasteiger partial charge < -0.3 is 10.0 Å². The van der Waals surface area contributed by atoms with E-state index in [0.717, 1.165) is 24.1 Å². The van der Waals surface area contributed by atoms with Gasteiger partial charge in [-0.2, -0.15) is 0 Å². The molecule has 2 saturated heterocycles. The number of carboxylic acid groups (broad SMARTS) is 1. The number of hydrogen-bond acceptors (Lipinski definition) is 3. The van der Waals surface area contributed by atoms with Gasteiger partial charge in [0.1, 0.15) is 0 Å². The number of carbonyl (C=O) groups is 3. The van der Waals surface area contributed by atoms with E-state index in [0.29, 0.717) is 32.0 Å². The molecule has 1 aromatic rings. The van der Waals surface area contributed by atoms with Crippen LogP contribution in [0, 0.1) is 0 Å². The average Bonchev–Trinajstić information content (AvgIpc) is 2.55. The topological polar surface area (TPSA) is 90.0 Å². The number of hydrogen-bond donors (Lipinski definition) is 2. The molecular formula is C16H19N3O4. The first-order valence-electron chi connectivity index (χ1n) is 7.74. The first kappa shape index (κ1) is 15.3. The Hall–Kier alpha value is -2.57. The lowest BCUT2D eigenvalue weighted by Gasteiger charge is -2.31. The predicted molar refractivity (Wildman–Crippen MR) is 83.5 cm³/mol. The Labute approximate surface area is 133 Å². The largest absolute Gasteiger partial charge is 0.465 e. The van der Waals surface area contributed by atoms with Crippen LogP contribution in [-0.4, -0.2) is 47.7 Å². The first-order valence-corrected chi connectivity index (χ1v) is 7.74. The molecule has 0 spiro atoms. The van der Waals surface area contributed by atoms with Crippen molar-refractivity contribution in [3.63, 3.8) is 0 Å². The van der Waals surface area contributed by atoms with Crippen LogP contribution in [0.2, 0.25) is 0 Å². The minimum absolute atomic E-state index is 0.247. The molecule has 4 amide bonds. The molecule has 0 unspecified atom stereocenters. The fourth-order valence-electron chi connectivity index (χ4n) is 3.16. The van der Waals surface area contributed by atoms with E-state index >= 15 is 0 Å². The monoisotopic (exact) mass is 317 g/mol. The van der Waals surface area contributed by atoms with Gasteiger partial charge in [-0.1, -0.05) is 12.1 Å². The van der Waals surface area contributed by atoms with Gasteiger partial charge in [0.2, 0.25) is 5.91 Å². The number of benzene rings is 1. The van der Waals surface area contributed by atoms with Crippen molar-refractivity contribution in [2.45, 2.75) is 25.2 Å². The Morgan fingerprint density at radius 3 is 2.57 bits per heavy atom. The lowest BCUT2D eigenvalue weighted by atomic mass is 9.89. The maximum atomic E-state index is 11.9. The molecular weight excluding hydrogens is 298 g/mol. The second kappa shape index (κ2) is 6.28. The van der Waals surface area contributed by atoms with Crippen molar-refractivity contribution in [2.75, 3.05) is 24.5 Å². The molecule has 0 atom stereocenters. The van der Waals surface area contributed by atoms with Gasteiger partial charge in [0.05, 0.1) is 0 Å². The zero-order valence-corrected chi connectivity index (χ0v) is 12.7. The first-order chi connectivity index (χ1) is 11.0. The molecule has 23 heavy (non-hydrogen) atoms. The Balaban J connectivity index is 1.72. The van der Waals surface area contributed by atoms with Crippen molar-refractivity contribution in [3.05, 3.63) is 29.8 Å². The van der Waals surface area contributed by atoms with Crippen molar-refractivity contribution >= 4 is 23.7 Å². The number of amides is 4. The van der Waals surface area contributed by atoms with Gasteiger partial charge in [-0.05, 0) is 36.5 Å². The zero-order chi connectivity index (χ0) is 16.4. The van der Waals surface area contributed by atoms with Gasteiger partial charge >= 0.3 is 12.1 Å². The lowest BCUT2D eigenvalue weighted by Crippen LogP contribution is -2.49. The molecule has 0 bridgehead atoms. The normalized spacial score (nSPS) is 19.7. The van der Waals surface area contributed by atoms with Crippen LogP contribution in [0.15, 0.2) is 24.3 Å². The summed E-state index contributed by atoms with van der Waals surface area (Å²) in [6.07, 6.45) is 0.986. The highest BCUT2D eigenvalue weighted by atomic mass is 16.4. The van der Waals surface area contributed by atoms with Crippen molar-refractivity contribution in [1.29, 1.82) is 0 Å². The molecule has 0 aromatic heterocycles. The molecule has 2 fully saturated rings. The maximum absolute atomic E-state index is 11.9. The van der Waals surface area contributed by atoms with Crippen LogP contribution in [0.3, 0.4) is 0 Å². The lowest BCUT2D eigenvalue weighted by molar-refractivity contribution is -0.120. The summed E-state index contributed by atoms with van der Waals surface area (Å²) < 4.78 is 0. The number of urea groups is 1. The summed E-state index contributed by atoms with van der Waals surface area (Å²) in [5.74, 6) is 0.0449. The maximum Gasteiger partial charge on any atom is 0.407 e.